The first kappa shape index (κ1) is 21.2. The van der Waals surface area contributed by atoms with E-state index in [-0.39, 0.29) is 30.6 Å². The van der Waals surface area contributed by atoms with Crippen molar-refractivity contribution < 1.29 is 19.4 Å². The molecular weight excluding hydrogens is 346 g/mol. The van der Waals surface area contributed by atoms with Gasteiger partial charge in [0.1, 0.15) is 0 Å². The summed E-state index contributed by atoms with van der Waals surface area (Å²) < 4.78 is 5.71. The van der Waals surface area contributed by atoms with Gasteiger partial charge in [0.25, 0.3) is 0 Å². The van der Waals surface area contributed by atoms with Crippen molar-refractivity contribution in [3.05, 3.63) is 35.4 Å². The number of benzene rings is 1. The second-order valence-electron chi connectivity index (χ2n) is 7.56. The summed E-state index contributed by atoms with van der Waals surface area (Å²) in [6.07, 6.45) is -0.190. The van der Waals surface area contributed by atoms with Crippen LogP contribution in [0.2, 0.25) is 0 Å². The van der Waals surface area contributed by atoms with Crippen molar-refractivity contribution in [2.45, 2.75) is 32.9 Å². The summed E-state index contributed by atoms with van der Waals surface area (Å²) in [6.45, 7) is 8.12. The van der Waals surface area contributed by atoms with Gasteiger partial charge in [-0.3, -0.25) is 9.69 Å². The Morgan fingerprint density at radius 2 is 2.07 bits per heavy atom. The van der Waals surface area contributed by atoms with E-state index in [9.17, 15) is 9.59 Å². The average Bonchev–Trinajstić information content (AvgIpc) is 2.59. The summed E-state index contributed by atoms with van der Waals surface area (Å²) in [5.74, 6) is -0.616. The van der Waals surface area contributed by atoms with Gasteiger partial charge in [0, 0.05) is 19.6 Å². The molecule has 1 aliphatic rings. The van der Waals surface area contributed by atoms with Gasteiger partial charge in [-0.1, -0.05) is 38.1 Å². The number of aliphatic carboxylic acids is 1. The Hall–Kier alpha value is -2.12. The van der Waals surface area contributed by atoms with E-state index < -0.39 is 5.97 Å². The predicted molar refractivity (Wildman–Crippen MR) is 104 cm³/mol. The van der Waals surface area contributed by atoms with E-state index >= 15 is 0 Å². The van der Waals surface area contributed by atoms with Crippen molar-refractivity contribution in [3.63, 3.8) is 0 Å². The predicted octanol–water partition coefficient (Wildman–Crippen LogP) is 2.12. The van der Waals surface area contributed by atoms with Crippen LogP contribution < -0.4 is 5.32 Å². The Morgan fingerprint density at radius 1 is 1.37 bits per heavy atom. The van der Waals surface area contributed by atoms with Gasteiger partial charge < -0.3 is 20.1 Å². The van der Waals surface area contributed by atoms with Crippen LogP contribution in [0.15, 0.2) is 24.3 Å². The Balaban J connectivity index is 1.99. The highest BCUT2D eigenvalue weighted by Crippen LogP contribution is 2.25. The van der Waals surface area contributed by atoms with Gasteiger partial charge >= 0.3 is 12.0 Å². The molecule has 2 N–H and O–H groups in total. The molecule has 2 rings (SSSR count). The van der Waals surface area contributed by atoms with E-state index in [0.29, 0.717) is 26.2 Å². The van der Waals surface area contributed by atoms with Gasteiger partial charge in [0.2, 0.25) is 0 Å². The number of aryl methyl sites for hydroxylation is 1. The fourth-order valence-electron chi connectivity index (χ4n) is 3.42. The fraction of sp³-hybridized carbons (Fsp3) is 0.600. The number of hydrogen-bond acceptors (Lipinski definition) is 4. The summed E-state index contributed by atoms with van der Waals surface area (Å²) >= 11 is 0. The van der Waals surface area contributed by atoms with Crippen LogP contribution in [0.5, 0.6) is 0 Å². The van der Waals surface area contributed by atoms with Crippen LogP contribution >= 0.6 is 0 Å². The molecule has 1 saturated heterocycles. The number of carbonyl (C=O) groups excluding carboxylic acids is 1. The third-order valence-electron chi connectivity index (χ3n) is 4.82. The zero-order valence-electron chi connectivity index (χ0n) is 16.6. The Labute approximate surface area is 161 Å². The second-order valence-corrected chi connectivity index (χ2v) is 7.56. The molecule has 1 aromatic rings. The third-order valence-corrected chi connectivity index (χ3v) is 4.82. The van der Waals surface area contributed by atoms with Gasteiger partial charge in [-0.05, 0) is 31.0 Å². The lowest BCUT2D eigenvalue weighted by atomic mass is 9.93. The zero-order chi connectivity index (χ0) is 20.0. The molecule has 2 amide bonds. The smallest absolute Gasteiger partial charge is 0.318 e. The molecule has 1 aliphatic heterocycles. The SMILES string of the molecule is Cc1ccccc1C(NC(=O)N1CCOC(CN(C)CC(=O)O)C1)C(C)C. The van der Waals surface area contributed by atoms with Gasteiger partial charge in [-0.2, -0.15) is 0 Å². The number of hydrogen-bond donors (Lipinski definition) is 2. The van der Waals surface area contributed by atoms with Gasteiger partial charge in [0.05, 0.1) is 25.3 Å². The first-order chi connectivity index (χ1) is 12.8. The van der Waals surface area contributed by atoms with E-state index in [1.807, 2.05) is 12.1 Å². The summed E-state index contributed by atoms with van der Waals surface area (Å²) in [7, 11) is 1.74. The molecule has 1 fully saturated rings. The van der Waals surface area contributed by atoms with E-state index in [1.54, 1.807) is 16.8 Å². The molecule has 0 aliphatic carbocycles. The zero-order valence-corrected chi connectivity index (χ0v) is 16.6. The molecule has 0 aromatic heterocycles. The highest BCUT2D eigenvalue weighted by molar-refractivity contribution is 5.75. The maximum atomic E-state index is 12.9. The largest absolute Gasteiger partial charge is 0.480 e. The number of morpholine rings is 1. The number of nitrogens with zero attached hydrogens (tertiary/aromatic N) is 2. The van der Waals surface area contributed by atoms with E-state index in [0.717, 1.165) is 11.1 Å². The minimum Gasteiger partial charge on any atom is -0.480 e. The second kappa shape index (κ2) is 9.71. The number of urea groups is 1. The molecule has 27 heavy (non-hydrogen) atoms. The van der Waals surface area contributed by atoms with Crippen LogP contribution in [0.25, 0.3) is 0 Å². The number of carboxylic acid groups (broad SMARTS) is 1. The van der Waals surface area contributed by atoms with Crippen LogP contribution in [0, 0.1) is 12.8 Å². The molecule has 7 heteroatoms. The lowest BCUT2D eigenvalue weighted by molar-refractivity contribution is -0.138. The van der Waals surface area contributed by atoms with E-state index in [1.165, 1.54) is 0 Å². The Morgan fingerprint density at radius 3 is 2.70 bits per heavy atom. The number of rotatable bonds is 7. The highest BCUT2D eigenvalue weighted by Gasteiger charge is 2.28. The molecular formula is C20H31N3O4. The van der Waals surface area contributed by atoms with Crippen molar-refractivity contribution in [3.8, 4) is 0 Å². The molecule has 0 bridgehead atoms. The topological polar surface area (TPSA) is 82.1 Å². The van der Waals surface area contributed by atoms with Crippen molar-refractivity contribution >= 4 is 12.0 Å². The highest BCUT2D eigenvalue weighted by atomic mass is 16.5. The third kappa shape index (κ3) is 6.22. The van der Waals surface area contributed by atoms with Crippen molar-refractivity contribution in [2.24, 2.45) is 5.92 Å². The number of likely N-dealkylation sites (N-methyl/N-ethyl adjacent to an activating group) is 1. The number of nitrogens with one attached hydrogen (secondary N) is 1. The molecule has 0 spiro atoms. The average molecular weight is 377 g/mol. The summed E-state index contributed by atoms with van der Waals surface area (Å²) in [6, 6.07) is 7.94. The molecule has 0 radical (unpaired) electrons. The number of carboxylic acids is 1. The van der Waals surface area contributed by atoms with Gasteiger partial charge in [-0.25, -0.2) is 4.79 Å². The van der Waals surface area contributed by atoms with Crippen LogP contribution in [0.3, 0.4) is 0 Å². The van der Waals surface area contributed by atoms with Crippen LogP contribution in [-0.4, -0.2) is 72.8 Å². The molecule has 7 nitrogen and oxygen atoms in total. The van der Waals surface area contributed by atoms with Gasteiger partial charge in [0.15, 0.2) is 0 Å². The fourth-order valence-corrected chi connectivity index (χ4v) is 3.42. The first-order valence-corrected chi connectivity index (χ1v) is 9.40. The number of ether oxygens (including phenoxy) is 1. The number of carbonyl (C=O) groups is 2. The first-order valence-electron chi connectivity index (χ1n) is 9.40. The van der Waals surface area contributed by atoms with Crippen molar-refractivity contribution in [2.75, 3.05) is 39.8 Å². The molecule has 1 heterocycles. The van der Waals surface area contributed by atoms with Crippen LogP contribution in [0.4, 0.5) is 4.79 Å². The number of amides is 2. The summed E-state index contributed by atoms with van der Waals surface area (Å²) in [4.78, 5) is 27.1. The lowest BCUT2D eigenvalue weighted by Crippen LogP contribution is -2.53. The standard InChI is InChI=1S/C20H31N3O4/c1-14(2)19(17-8-6-5-7-15(17)3)21-20(26)23-9-10-27-16(12-23)11-22(4)13-18(24)25/h5-8,14,16,19H,9-13H2,1-4H3,(H,21,26)(H,24,25). The molecule has 2 unspecified atom stereocenters. The Bertz CT molecular complexity index is 650. The minimum atomic E-state index is -0.874. The van der Waals surface area contributed by atoms with Crippen molar-refractivity contribution in [1.82, 2.24) is 15.1 Å². The maximum Gasteiger partial charge on any atom is 0.318 e. The quantitative estimate of drug-likeness (QED) is 0.761. The molecule has 150 valence electrons. The van der Waals surface area contributed by atoms with E-state index in [4.69, 9.17) is 9.84 Å². The monoisotopic (exact) mass is 377 g/mol. The van der Waals surface area contributed by atoms with Crippen LogP contribution in [0.1, 0.15) is 31.0 Å². The molecule has 0 saturated carbocycles. The summed E-state index contributed by atoms with van der Waals surface area (Å²) in [5.41, 5.74) is 2.29. The normalized spacial score (nSPS) is 18.6. The molecule has 2 atom stereocenters. The Kier molecular flexibility index (Phi) is 7.62. The van der Waals surface area contributed by atoms with Gasteiger partial charge in [-0.15, -0.1) is 0 Å². The van der Waals surface area contributed by atoms with E-state index in [2.05, 4.69) is 38.2 Å². The maximum absolute atomic E-state index is 12.9. The lowest BCUT2D eigenvalue weighted by Gasteiger charge is -2.36. The van der Waals surface area contributed by atoms with Crippen LogP contribution in [-0.2, 0) is 9.53 Å². The summed E-state index contributed by atoms with van der Waals surface area (Å²) in [5, 5.41) is 12.1. The minimum absolute atomic E-state index is 0.0469. The molecule has 1 aromatic carbocycles. The van der Waals surface area contributed by atoms with Crippen molar-refractivity contribution in [1.29, 1.82) is 0 Å².